The maximum atomic E-state index is 13.4. The summed E-state index contributed by atoms with van der Waals surface area (Å²) in [6.07, 6.45) is 0. The Hall–Kier alpha value is -5.05. The van der Waals surface area contributed by atoms with E-state index in [4.69, 9.17) is 18.9 Å². The summed E-state index contributed by atoms with van der Waals surface area (Å²) in [7, 11) is 6.15. The van der Waals surface area contributed by atoms with Gasteiger partial charge in [-0.1, -0.05) is 36.4 Å². The highest BCUT2D eigenvalue weighted by molar-refractivity contribution is 6.02. The summed E-state index contributed by atoms with van der Waals surface area (Å²) < 4.78 is 23.2. The molecule has 4 aromatic carbocycles. The number of nitrogens with zero attached hydrogens (tertiary/aromatic N) is 3. The lowest BCUT2D eigenvalue weighted by molar-refractivity contribution is 0.101. The first kappa shape index (κ1) is 24.6. The average molecular weight is 511 g/mol. The second-order valence-corrected chi connectivity index (χ2v) is 8.27. The number of ether oxygens (including phenoxy) is 4. The molecule has 0 saturated carbocycles. The third-order valence-electron chi connectivity index (χ3n) is 6.08. The molecule has 0 aliphatic carbocycles. The number of anilines is 1. The number of rotatable bonds is 8. The fraction of sp³-hybridized carbons (Fsp3) is 0.138. The summed E-state index contributed by atoms with van der Waals surface area (Å²) in [5, 5.41) is 9.51. The third kappa shape index (κ3) is 4.57. The second-order valence-electron chi connectivity index (χ2n) is 8.27. The van der Waals surface area contributed by atoms with Gasteiger partial charge in [-0.3, -0.25) is 4.79 Å². The maximum absolute atomic E-state index is 13.4. The van der Waals surface area contributed by atoms with Gasteiger partial charge in [-0.25, -0.2) is 9.67 Å². The second kappa shape index (κ2) is 10.5. The molecule has 0 aliphatic heterocycles. The summed E-state index contributed by atoms with van der Waals surface area (Å²) in [5.74, 6) is 1.98. The van der Waals surface area contributed by atoms with E-state index in [1.807, 2.05) is 66.7 Å². The van der Waals surface area contributed by atoms with E-state index in [-0.39, 0.29) is 5.82 Å². The molecule has 0 radical (unpaired) electrons. The molecule has 0 bridgehead atoms. The van der Waals surface area contributed by atoms with Gasteiger partial charge < -0.3 is 24.3 Å². The van der Waals surface area contributed by atoms with Crippen molar-refractivity contribution in [3.8, 4) is 40.1 Å². The largest absolute Gasteiger partial charge is 0.497 e. The summed E-state index contributed by atoms with van der Waals surface area (Å²) in [4.78, 5) is 18.0. The SMILES string of the molecule is COc1ccc(-c2nc(C(=O)Nc3cc(OC)c(OC)c(OC)c3)nn2-c2cccc3ccccc23)cc1. The standard InChI is InChI=1S/C29H26N4O5/c1-35-21-14-12-19(13-15-21)28-31-27(32-33(28)23-11-7-9-18-8-5-6-10-22(18)23)29(34)30-20-16-24(36-2)26(38-4)25(17-20)37-3/h5-17H,1-4H3,(H,30,34). The maximum Gasteiger partial charge on any atom is 0.295 e. The van der Waals surface area contributed by atoms with Crippen molar-refractivity contribution in [2.75, 3.05) is 33.8 Å². The molecule has 1 N–H and O–H groups in total. The zero-order valence-electron chi connectivity index (χ0n) is 21.4. The Labute approximate surface area is 219 Å². The van der Waals surface area contributed by atoms with E-state index >= 15 is 0 Å². The Bertz CT molecular complexity index is 1580. The number of amides is 1. The number of nitrogens with one attached hydrogen (secondary N) is 1. The van der Waals surface area contributed by atoms with Gasteiger partial charge in [0.05, 0.1) is 34.1 Å². The number of fused-ring (bicyclic) bond motifs is 1. The van der Waals surface area contributed by atoms with Crippen molar-refractivity contribution < 1.29 is 23.7 Å². The Morgan fingerprint density at radius 1 is 0.789 bits per heavy atom. The lowest BCUT2D eigenvalue weighted by atomic mass is 10.1. The molecule has 0 fully saturated rings. The monoisotopic (exact) mass is 510 g/mol. The smallest absolute Gasteiger partial charge is 0.295 e. The van der Waals surface area contributed by atoms with Crippen LogP contribution in [-0.2, 0) is 0 Å². The van der Waals surface area contributed by atoms with Gasteiger partial charge >= 0.3 is 0 Å². The van der Waals surface area contributed by atoms with Crippen LogP contribution in [0.2, 0.25) is 0 Å². The van der Waals surface area contributed by atoms with Crippen molar-refractivity contribution in [2.45, 2.75) is 0 Å². The first-order chi connectivity index (χ1) is 18.6. The molecule has 192 valence electrons. The van der Waals surface area contributed by atoms with Crippen LogP contribution >= 0.6 is 0 Å². The van der Waals surface area contributed by atoms with Crippen molar-refractivity contribution in [2.24, 2.45) is 0 Å². The van der Waals surface area contributed by atoms with Crippen LogP contribution in [0, 0.1) is 0 Å². The van der Waals surface area contributed by atoms with E-state index in [2.05, 4.69) is 15.4 Å². The summed E-state index contributed by atoms with van der Waals surface area (Å²) in [6, 6.07) is 24.6. The molecular formula is C29H26N4O5. The summed E-state index contributed by atoms with van der Waals surface area (Å²) in [5.41, 5.74) is 2.02. The molecule has 0 atom stereocenters. The number of benzene rings is 4. The predicted molar refractivity (Wildman–Crippen MR) is 145 cm³/mol. The molecule has 1 amide bonds. The van der Waals surface area contributed by atoms with E-state index in [9.17, 15) is 4.79 Å². The van der Waals surface area contributed by atoms with E-state index in [0.717, 1.165) is 22.0 Å². The van der Waals surface area contributed by atoms with Crippen LogP contribution in [-0.4, -0.2) is 49.1 Å². The highest BCUT2D eigenvalue weighted by Gasteiger charge is 2.22. The summed E-state index contributed by atoms with van der Waals surface area (Å²) in [6.45, 7) is 0. The lowest BCUT2D eigenvalue weighted by Gasteiger charge is -2.14. The van der Waals surface area contributed by atoms with Gasteiger partial charge in [0.1, 0.15) is 5.75 Å². The Morgan fingerprint density at radius 3 is 2.13 bits per heavy atom. The molecule has 0 spiro atoms. The zero-order chi connectivity index (χ0) is 26.6. The van der Waals surface area contributed by atoms with E-state index in [1.54, 1.807) is 23.9 Å². The van der Waals surface area contributed by atoms with Crippen LogP contribution in [0.25, 0.3) is 27.8 Å². The molecule has 1 aromatic heterocycles. The minimum atomic E-state index is -0.493. The van der Waals surface area contributed by atoms with Crippen LogP contribution in [0.3, 0.4) is 0 Å². The van der Waals surface area contributed by atoms with Gasteiger partial charge in [-0.2, -0.15) is 0 Å². The predicted octanol–water partition coefficient (Wildman–Crippen LogP) is 5.37. The van der Waals surface area contributed by atoms with Gasteiger partial charge in [-0.15, -0.1) is 5.10 Å². The molecule has 9 heteroatoms. The van der Waals surface area contributed by atoms with Crippen molar-refractivity contribution >= 4 is 22.4 Å². The minimum absolute atomic E-state index is 0.00231. The van der Waals surface area contributed by atoms with Crippen LogP contribution in [0.15, 0.2) is 78.9 Å². The topological polar surface area (TPSA) is 96.7 Å². The first-order valence-electron chi connectivity index (χ1n) is 11.8. The van der Waals surface area contributed by atoms with E-state index in [0.29, 0.717) is 34.5 Å². The van der Waals surface area contributed by atoms with Crippen LogP contribution < -0.4 is 24.3 Å². The molecule has 38 heavy (non-hydrogen) atoms. The first-order valence-corrected chi connectivity index (χ1v) is 11.8. The van der Waals surface area contributed by atoms with Crippen molar-refractivity contribution in [3.63, 3.8) is 0 Å². The molecule has 5 rings (SSSR count). The quantitative estimate of drug-likeness (QED) is 0.300. The Morgan fingerprint density at radius 2 is 1.47 bits per heavy atom. The molecule has 0 aliphatic rings. The normalized spacial score (nSPS) is 10.7. The Balaban J connectivity index is 1.60. The molecule has 1 heterocycles. The highest BCUT2D eigenvalue weighted by atomic mass is 16.5. The van der Waals surface area contributed by atoms with Crippen LogP contribution in [0.4, 0.5) is 5.69 Å². The molecule has 9 nitrogen and oxygen atoms in total. The zero-order valence-corrected chi connectivity index (χ0v) is 21.4. The Kier molecular flexibility index (Phi) is 6.82. The number of hydrogen-bond donors (Lipinski definition) is 1. The fourth-order valence-corrected chi connectivity index (χ4v) is 4.24. The molecule has 5 aromatic rings. The van der Waals surface area contributed by atoms with Gasteiger partial charge in [0.2, 0.25) is 11.6 Å². The number of carbonyl (C=O) groups is 1. The van der Waals surface area contributed by atoms with Gasteiger partial charge in [0, 0.05) is 28.8 Å². The van der Waals surface area contributed by atoms with Crippen LogP contribution in [0.5, 0.6) is 23.0 Å². The number of aromatic nitrogens is 3. The third-order valence-corrected chi connectivity index (χ3v) is 6.08. The van der Waals surface area contributed by atoms with E-state index in [1.165, 1.54) is 21.3 Å². The van der Waals surface area contributed by atoms with Crippen molar-refractivity contribution in [1.29, 1.82) is 0 Å². The van der Waals surface area contributed by atoms with Gasteiger partial charge in [0.15, 0.2) is 17.3 Å². The van der Waals surface area contributed by atoms with Gasteiger partial charge in [-0.05, 0) is 35.7 Å². The van der Waals surface area contributed by atoms with Crippen LogP contribution in [0.1, 0.15) is 10.6 Å². The van der Waals surface area contributed by atoms with E-state index < -0.39 is 5.91 Å². The fourth-order valence-electron chi connectivity index (χ4n) is 4.24. The molecular weight excluding hydrogens is 484 g/mol. The van der Waals surface area contributed by atoms with Crippen molar-refractivity contribution in [1.82, 2.24) is 14.8 Å². The number of hydrogen-bond acceptors (Lipinski definition) is 7. The molecule has 0 saturated heterocycles. The number of methoxy groups -OCH3 is 4. The minimum Gasteiger partial charge on any atom is -0.497 e. The average Bonchev–Trinajstić information content (AvgIpc) is 3.42. The van der Waals surface area contributed by atoms with Crippen molar-refractivity contribution in [3.05, 3.63) is 84.7 Å². The number of carbonyl (C=O) groups excluding carboxylic acids is 1. The van der Waals surface area contributed by atoms with Gasteiger partial charge in [0.25, 0.3) is 5.91 Å². The highest BCUT2D eigenvalue weighted by Crippen LogP contribution is 2.40. The molecule has 0 unspecified atom stereocenters. The lowest BCUT2D eigenvalue weighted by Crippen LogP contribution is -2.14. The summed E-state index contributed by atoms with van der Waals surface area (Å²) >= 11 is 0.